The topological polar surface area (TPSA) is 83.6 Å². The number of amides is 1. The molecule has 0 aliphatic carbocycles. The normalized spacial score (nSPS) is 8.86. The molecule has 0 aromatic carbocycles. The molecular weight excluding hydrogens is 184 g/mol. The fourth-order valence-corrected chi connectivity index (χ4v) is 0.334. The zero-order valence-corrected chi connectivity index (χ0v) is 8.91. The number of aliphatic carboxylic acids is 1. The van der Waals surface area contributed by atoms with Crippen LogP contribution in [0.3, 0.4) is 0 Å². The number of nitrogens with zero attached hydrogens (tertiary/aromatic N) is 1. The van der Waals surface area contributed by atoms with Crippen molar-refractivity contribution in [2.24, 2.45) is 5.73 Å². The van der Waals surface area contributed by atoms with E-state index in [0.717, 1.165) is 6.54 Å². The van der Waals surface area contributed by atoms with Crippen molar-refractivity contribution in [3.05, 3.63) is 12.2 Å². The van der Waals surface area contributed by atoms with Crippen molar-refractivity contribution in [3.8, 4) is 0 Å². The van der Waals surface area contributed by atoms with Crippen molar-refractivity contribution in [1.82, 2.24) is 4.90 Å². The summed E-state index contributed by atoms with van der Waals surface area (Å²) in [5.41, 5.74) is 5.05. The Kier molecular flexibility index (Phi) is 8.91. The van der Waals surface area contributed by atoms with E-state index in [0.29, 0.717) is 6.42 Å². The van der Waals surface area contributed by atoms with Crippen molar-refractivity contribution < 1.29 is 14.7 Å². The highest BCUT2D eigenvalue weighted by Gasteiger charge is 1.93. The molecule has 0 saturated carbocycles. The second-order valence-electron chi connectivity index (χ2n) is 3.11. The van der Waals surface area contributed by atoms with E-state index in [1.54, 1.807) is 0 Å². The van der Waals surface area contributed by atoms with Gasteiger partial charge in [0.05, 0.1) is 0 Å². The first-order valence-electron chi connectivity index (χ1n) is 4.09. The number of carbonyl (C=O) groups excluding carboxylic acids is 1. The van der Waals surface area contributed by atoms with Crippen LogP contribution in [0.2, 0.25) is 0 Å². The predicted molar refractivity (Wildman–Crippen MR) is 54.8 cm³/mol. The monoisotopic (exact) mass is 202 g/mol. The Hall–Kier alpha value is -1.36. The molecule has 0 unspecified atom stereocenters. The van der Waals surface area contributed by atoms with Gasteiger partial charge in [-0.1, -0.05) is 6.58 Å². The molecule has 0 aliphatic rings. The zero-order chi connectivity index (χ0) is 11.7. The van der Waals surface area contributed by atoms with Gasteiger partial charge in [-0.25, -0.2) is 4.79 Å². The summed E-state index contributed by atoms with van der Waals surface area (Å²) >= 11 is 0. The van der Waals surface area contributed by atoms with Crippen LogP contribution in [-0.4, -0.2) is 42.5 Å². The third-order valence-corrected chi connectivity index (χ3v) is 1.17. The van der Waals surface area contributed by atoms with Gasteiger partial charge in [0, 0.05) is 18.5 Å². The lowest BCUT2D eigenvalue weighted by molar-refractivity contribution is -0.132. The molecule has 0 atom stereocenters. The summed E-state index contributed by atoms with van der Waals surface area (Å²) in [5.74, 6) is -1.17. The molecule has 5 heteroatoms. The molecule has 1 amide bonds. The van der Waals surface area contributed by atoms with Crippen molar-refractivity contribution in [3.63, 3.8) is 0 Å². The third-order valence-electron chi connectivity index (χ3n) is 1.17. The molecule has 0 aromatic rings. The molecule has 0 saturated heterocycles. The SMILES string of the molecule is C=C(C)C(=O)O.CN(C)CCC(N)=O. The summed E-state index contributed by atoms with van der Waals surface area (Å²) in [6.45, 7) is 5.35. The Bertz CT molecular complexity index is 200. The molecule has 0 spiro atoms. The summed E-state index contributed by atoms with van der Waals surface area (Å²) in [4.78, 5) is 21.6. The molecule has 3 N–H and O–H groups in total. The van der Waals surface area contributed by atoms with E-state index in [4.69, 9.17) is 10.8 Å². The lowest BCUT2D eigenvalue weighted by Crippen LogP contribution is -2.20. The molecule has 0 rings (SSSR count). The summed E-state index contributed by atoms with van der Waals surface area (Å²) in [6.07, 6.45) is 0.451. The second kappa shape index (κ2) is 8.25. The van der Waals surface area contributed by atoms with Gasteiger partial charge >= 0.3 is 5.97 Å². The van der Waals surface area contributed by atoms with Crippen LogP contribution in [-0.2, 0) is 9.59 Å². The summed E-state index contributed by atoms with van der Waals surface area (Å²) in [6, 6.07) is 0. The van der Waals surface area contributed by atoms with E-state index < -0.39 is 5.97 Å². The van der Waals surface area contributed by atoms with Gasteiger partial charge in [-0.15, -0.1) is 0 Å². The Morgan fingerprint density at radius 2 is 1.79 bits per heavy atom. The van der Waals surface area contributed by atoms with Crippen LogP contribution < -0.4 is 5.73 Å². The third kappa shape index (κ3) is 16.9. The number of carbonyl (C=O) groups is 2. The summed E-state index contributed by atoms with van der Waals surface area (Å²) in [5, 5.41) is 7.89. The molecule has 0 fully saturated rings. The van der Waals surface area contributed by atoms with Gasteiger partial charge in [0.25, 0.3) is 0 Å². The highest BCUT2D eigenvalue weighted by atomic mass is 16.4. The molecule has 0 radical (unpaired) electrons. The number of hydrogen-bond acceptors (Lipinski definition) is 3. The molecule has 0 aromatic heterocycles. The highest BCUT2D eigenvalue weighted by molar-refractivity contribution is 5.84. The summed E-state index contributed by atoms with van der Waals surface area (Å²) in [7, 11) is 3.81. The number of hydrogen-bond donors (Lipinski definition) is 2. The number of primary amides is 1. The van der Waals surface area contributed by atoms with E-state index in [2.05, 4.69) is 6.58 Å². The van der Waals surface area contributed by atoms with Crippen LogP contribution in [0.15, 0.2) is 12.2 Å². The predicted octanol–water partition coefficient (Wildman–Crippen LogP) is 0.0705. The molecule has 0 bridgehead atoms. The minimum Gasteiger partial charge on any atom is -0.478 e. The van der Waals surface area contributed by atoms with E-state index >= 15 is 0 Å². The Morgan fingerprint density at radius 1 is 1.43 bits per heavy atom. The maximum Gasteiger partial charge on any atom is 0.330 e. The lowest BCUT2D eigenvalue weighted by atomic mass is 10.4. The minimum absolute atomic E-state index is 0.176. The molecule has 0 aliphatic heterocycles. The number of rotatable bonds is 4. The maximum atomic E-state index is 10.1. The first-order valence-corrected chi connectivity index (χ1v) is 4.09. The van der Waals surface area contributed by atoms with Gasteiger partial charge in [0.1, 0.15) is 0 Å². The maximum absolute atomic E-state index is 10.1. The number of nitrogens with two attached hydrogens (primary N) is 1. The van der Waals surface area contributed by atoms with Gasteiger partial charge in [-0.05, 0) is 21.0 Å². The van der Waals surface area contributed by atoms with Gasteiger partial charge < -0.3 is 15.7 Å². The van der Waals surface area contributed by atoms with Gasteiger partial charge in [0.15, 0.2) is 0 Å². The van der Waals surface area contributed by atoms with Crippen LogP contribution in [0.4, 0.5) is 0 Å². The van der Waals surface area contributed by atoms with Crippen molar-refractivity contribution in [1.29, 1.82) is 0 Å². The first kappa shape index (κ1) is 15.1. The average Bonchev–Trinajstić information content (AvgIpc) is 2.01. The van der Waals surface area contributed by atoms with Crippen molar-refractivity contribution >= 4 is 11.9 Å². The van der Waals surface area contributed by atoms with Crippen LogP contribution in [0.25, 0.3) is 0 Å². The fourth-order valence-electron chi connectivity index (χ4n) is 0.334. The fraction of sp³-hybridized carbons (Fsp3) is 0.556. The van der Waals surface area contributed by atoms with E-state index in [9.17, 15) is 9.59 Å². The van der Waals surface area contributed by atoms with Gasteiger partial charge in [-0.2, -0.15) is 0 Å². The zero-order valence-electron chi connectivity index (χ0n) is 8.91. The molecule has 82 valence electrons. The van der Waals surface area contributed by atoms with Crippen LogP contribution >= 0.6 is 0 Å². The standard InChI is InChI=1S/C5H12N2O.C4H6O2/c1-7(2)4-3-5(6)8;1-3(2)4(5)6/h3-4H2,1-2H3,(H2,6,8);1H2,2H3,(H,5,6). The Morgan fingerprint density at radius 3 is 1.86 bits per heavy atom. The minimum atomic E-state index is -0.935. The number of carboxylic acids is 1. The largest absolute Gasteiger partial charge is 0.478 e. The van der Waals surface area contributed by atoms with E-state index in [-0.39, 0.29) is 11.5 Å². The summed E-state index contributed by atoms with van der Waals surface area (Å²) < 4.78 is 0. The molecule has 14 heavy (non-hydrogen) atoms. The number of carboxylic acid groups (broad SMARTS) is 1. The van der Waals surface area contributed by atoms with Gasteiger partial charge in [0.2, 0.25) is 5.91 Å². The van der Waals surface area contributed by atoms with Crippen molar-refractivity contribution in [2.45, 2.75) is 13.3 Å². The smallest absolute Gasteiger partial charge is 0.330 e. The second-order valence-corrected chi connectivity index (χ2v) is 3.11. The van der Waals surface area contributed by atoms with Gasteiger partial charge in [-0.3, -0.25) is 4.79 Å². The molecule has 5 nitrogen and oxygen atoms in total. The molecular formula is C9H18N2O3. The Labute approximate surface area is 84.2 Å². The van der Waals surface area contributed by atoms with E-state index in [1.807, 2.05) is 19.0 Å². The van der Waals surface area contributed by atoms with Crippen LogP contribution in [0, 0.1) is 0 Å². The first-order chi connectivity index (χ1) is 6.27. The average molecular weight is 202 g/mol. The quantitative estimate of drug-likeness (QED) is 0.632. The Balaban J connectivity index is 0. The van der Waals surface area contributed by atoms with Crippen molar-refractivity contribution in [2.75, 3.05) is 20.6 Å². The van der Waals surface area contributed by atoms with Crippen LogP contribution in [0.1, 0.15) is 13.3 Å². The van der Waals surface area contributed by atoms with Crippen LogP contribution in [0.5, 0.6) is 0 Å². The van der Waals surface area contributed by atoms with E-state index in [1.165, 1.54) is 6.92 Å². The lowest BCUT2D eigenvalue weighted by Gasteiger charge is -2.05. The molecule has 0 heterocycles. The highest BCUT2D eigenvalue weighted by Crippen LogP contribution is 1.81.